The third kappa shape index (κ3) is 3.88. The van der Waals surface area contributed by atoms with Gasteiger partial charge in [0.05, 0.1) is 0 Å². The van der Waals surface area contributed by atoms with Crippen molar-refractivity contribution in [2.75, 3.05) is 6.54 Å². The fraction of sp³-hybridized carbons (Fsp3) is 0.389. The molecule has 2 unspecified atom stereocenters. The van der Waals surface area contributed by atoms with Crippen LogP contribution in [0, 0.1) is 12.7 Å². The molecular weight excluding hydrogens is 263 g/mol. The van der Waals surface area contributed by atoms with E-state index in [1.165, 1.54) is 0 Å². The zero-order valence-electron chi connectivity index (χ0n) is 12.9. The Labute approximate surface area is 126 Å². The number of pyridine rings is 1. The molecule has 0 saturated heterocycles. The van der Waals surface area contributed by atoms with Crippen LogP contribution in [0.1, 0.15) is 49.0 Å². The molecule has 2 aromatic rings. The van der Waals surface area contributed by atoms with Crippen LogP contribution in [0.4, 0.5) is 4.39 Å². The maximum absolute atomic E-state index is 14.3. The number of halogens is 1. The molecule has 1 aromatic heterocycles. The monoisotopic (exact) mass is 286 g/mol. The van der Waals surface area contributed by atoms with Crippen LogP contribution in [0.5, 0.6) is 0 Å². The van der Waals surface area contributed by atoms with Crippen LogP contribution in [0.15, 0.2) is 42.6 Å². The zero-order chi connectivity index (χ0) is 15.2. The Bertz CT molecular complexity index is 569. The molecule has 0 saturated carbocycles. The van der Waals surface area contributed by atoms with E-state index in [9.17, 15) is 4.39 Å². The van der Waals surface area contributed by atoms with Gasteiger partial charge in [-0.1, -0.05) is 37.6 Å². The van der Waals surface area contributed by atoms with Gasteiger partial charge in [0.1, 0.15) is 5.82 Å². The Morgan fingerprint density at radius 3 is 2.71 bits per heavy atom. The lowest BCUT2D eigenvalue weighted by molar-refractivity contribution is 0.440. The second kappa shape index (κ2) is 7.32. The summed E-state index contributed by atoms with van der Waals surface area (Å²) in [5.74, 6) is -0.0500. The SMILES string of the molecule is CCCNC(c1cc(C)ccc1F)C(C)c1ccccn1. The standard InChI is InChI=1S/C18H23FN2/c1-4-10-21-18(14(3)17-7-5-6-11-20-17)15-12-13(2)8-9-16(15)19/h5-9,11-12,14,18,21H,4,10H2,1-3H3. The summed E-state index contributed by atoms with van der Waals surface area (Å²) >= 11 is 0. The highest BCUT2D eigenvalue weighted by Gasteiger charge is 2.23. The fourth-order valence-electron chi connectivity index (χ4n) is 2.57. The molecule has 2 nitrogen and oxygen atoms in total. The van der Waals surface area contributed by atoms with Crippen molar-refractivity contribution in [2.45, 2.75) is 39.2 Å². The first-order chi connectivity index (χ1) is 10.1. The van der Waals surface area contributed by atoms with Crippen molar-refractivity contribution in [1.82, 2.24) is 10.3 Å². The molecule has 0 aliphatic rings. The molecule has 0 bridgehead atoms. The highest BCUT2D eigenvalue weighted by molar-refractivity contribution is 5.29. The predicted octanol–water partition coefficient (Wildman–Crippen LogP) is 4.37. The van der Waals surface area contributed by atoms with E-state index in [1.807, 2.05) is 31.2 Å². The van der Waals surface area contributed by atoms with Gasteiger partial charge in [-0.15, -0.1) is 0 Å². The highest BCUT2D eigenvalue weighted by Crippen LogP contribution is 2.31. The Kier molecular flexibility index (Phi) is 5.45. The normalized spacial score (nSPS) is 13.9. The van der Waals surface area contributed by atoms with E-state index in [-0.39, 0.29) is 17.8 Å². The number of aryl methyl sites for hydroxylation is 1. The van der Waals surface area contributed by atoms with Gasteiger partial charge in [-0.25, -0.2) is 4.39 Å². The smallest absolute Gasteiger partial charge is 0.128 e. The van der Waals surface area contributed by atoms with Gasteiger partial charge >= 0.3 is 0 Å². The van der Waals surface area contributed by atoms with Crippen LogP contribution in [0.2, 0.25) is 0 Å². The van der Waals surface area contributed by atoms with Gasteiger partial charge in [0.25, 0.3) is 0 Å². The fourth-order valence-corrected chi connectivity index (χ4v) is 2.57. The summed E-state index contributed by atoms with van der Waals surface area (Å²) in [6.07, 6.45) is 2.80. The van der Waals surface area contributed by atoms with Crippen LogP contribution in [-0.2, 0) is 0 Å². The first kappa shape index (κ1) is 15.6. The number of benzene rings is 1. The molecule has 0 radical (unpaired) electrons. The molecule has 2 atom stereocenters. The molecule has 0 aliphatic heterocycles. The lowest BCUT2D eigenvalue weighted by Gasteiger charge is -2.26. The summed E-state index contributed by atoms with van der Waals surface area (Å²) in [6.45, 7) is 7.06. The van der Waals surface area contributed by atoms with Crippen molar-refractivity contribution in [2.24, 2.45) is 0 Å². The van der Waals surface area contributed by atoms with Gasteiger partial charge in [0, 0.05) is 29.4 Å². The molecule has 0 fully saturated rings. The van der Waals surface area contributed by atoms with Gasteiger partial charge in [0.2, 0.25) is 0 Å². The van der Waals surface area contributed by atoms with Crippen molar-refractivity contribution in [3.63, 3.8) is 0 Å². The number of hydrogen-bond acceptors (Lipinski definition) is 2. The van der Waals surface area contributed by atoms with Gasteiger partial charge in [0.15, 0.2) is 0 Å². The van der Waals surface area contributed by atoms with E-state index in [2.05, 4.69) is 24.1 Å². The van der Waals surface area contributed by atoms with E-state index >= 15 is 0 Å². The lowest BCUT2D eigenvalue weighted by atomic mass is 9.90. The average Bonchev–Trinajstić information content (AvgIpc) is 2.51. The lowest BCUT2D eigenvalue weighted by Crippen LogP contribution is -2.28. The van der Waals surface area contributed by atoms with Gasteiger partial charge < -0.3 is 5.32 Å². The van der Waals surface area contributed by atoms with Crippen LogP contribution in [0.25, 0.3) is 0 Å². The minimum Gasteiger partial charge on any atom is -0.309 e. The summed E-state index contributed by atoms with van der Waals surface area (Å²) < 4.78 is 14.3. The number of nitrogens with zero attached hydrogens (tertiary/aromatic N) is 1. The molecule has 0 spiro atoms. The van der Waals surface area contributed by atoms with Crippen molar-refractivity contribution < 1.29 is 4.39 Å². The Balaban J connectivity index is 2.36. The van der Waals surface area contributed by atoms with E-state index in [1.54, 1.807) is 18.3 Å². The molecule has 0 aliphatic carbocycles. The molecule has 112 valence electrons. The van der Waals surface area contributed by atoms with Crippen LogP contribution in [0.3, 0.4) is 0 Å². The molecule has 21 heavy (non-hydrogen) atoms. The number of nitrogens with one attached hydrogen (secondary N) is 1. The maximum Gasteiger partial charge on any atom is 0.128 e. The number of aromatic nitrogens is 1. The Morgan fingerprint density at radius 1 is 1.24 bits per heavy atom. The second-order valence-corrected chi connectivity index (χ2v) is 5.50. The first-order valence-corrected chi connectivity index (χ1v) is 7.53. The summed E-state index contributed by atoms with van der Waals surface area (Å²) in [5.41, 5.74) is 2.77. The predicted molar refractivity (Wildman–Crippen MR) is 84.8 cm³/mol. The molecule has 3 heteroatoms. The first-order valence-electron chi connectivity index (χ1n) is 7.53. The van der Waals surface area contributed by atoms with E-state index < -0.39 is 0 Å². The largest absolute Gasteiger partial charge is 0.309 e. The molecule has 1 heterocycles. The summed E-state index contributed by atoms with van der Waals surface area (Å²) in [7, 11) is 0. The van der Waals surface area contributed by atoms with Crippen LogP contribution in [-0.4, -0.2) is 11.5 Å². The topological polar surface area (TPSA) is 24.9 Å². The zero-order valence-corrected chi connectivity index (χ0v) is 12.9. The van der Waals surface area contributed by atoms with Crippen molar-refractivity contribution in [3.8, 4) is 0 Å². The van der Waals surface area contributed by atoms with Crippen LogP contribution >= 0.6 is 0 Å². The maximum atomic E-state index is 14.3. The van der Waals surface area contributed by atoms with Gasteiger partial charge in [-0.05, 0) is 38.1 Å². The molecule has 1 aromatic carbocycles. The minimum atomic E-state index is -0.156. The average molecular weight is 286 g/mol. The summed E-state index contributed by atoms with van der Waals surface area (Å²) in [5, 5.41) is 3.47. The van der Waals surface area contributed by atoms with Crippen molar-refractivity contribution in [3.05, 3.63) is 65.2 Å². The van der Waals surface area contributed by atoms with Crippen molar-refractivity contribution >= 4 is 0 Å². The summed E-state index contributed by atoms with van der Waals surface area (Å²) in [6, 6.07) is 11.1. The minimum absolute atomic E-state index is 0.0697. The van der Waals surface area contributed by atoms with Gasteiger partial charge in [-0.3, -0.25) is 4.98 Å². The van der Waals surface area contributed by atoms with E-state index in [0.717, 1.165) is 29.8 Å². The summed E-state index contributed by atoms with van der Waals surface area (Å²) in [4.78, 5) is 4.42. The molecular formula is C18H23FN2. The Hall–Kier alpha value is -1.74. The molecule has 1 N–H and O–H groups in total. The Morgan fingerprint density at radius 2 is 2.05 bits per heavy atom. The number of hydrogen-bond donors (Lipinski definition) is 1. The third-order valence-electron chi connectivity index (χ3n) is 3.76. The third-order valence-corrected chi connectivity index (χ3v) is 3.76. The molecule has 0 amide bonds. The quantitative estimate of drug-likeness (QED) is 0.852. The van der Waals surface area contributed by atoms with Crippen molar-refractivity contribution in [1.29, 1.82) is 0 Å². The van der Waals surface area contributed by atoms with Crippen LogP contribution < -0.4 is 5.32 Å². The van der Waals surface area contributed by atoms with Gasteiger partial charge in [-0.2, -0.15) is 0 Å². The van der Waals surface area contributed by atoms with E-state index in [0.29, 0.717) is 0 Å². The number of rotatable bonds is 6. The molecule has 2 rings (SSSR count). The highest BCUT2D eigenvalue weighted by atomic mass is 19.1. The second-order valence-electron chi connectivity index (χ2n) is 5.50. The van der Waals surface area contributed by atoms with E-state index in [4.69, 9.17) is 0 Å².